The Hall–Kier alpha value is -4.43. The Labute approximate surface area is 191 Å². The molecule has 0 aliphatic heterocycles. The highest BCUT2D eigenvalue weighted by molar-refractivity contribution is 6.30. The second kappa shape index (κ2) is 7.61. The largest absolute Gasteiger partial charge is 0.424 e. The number of halogens is 1. The van der Waals surface area contributed by atoms with Crippen molar-refractivity contribution in [3.8, 4) is 11.3 Å². The number of hydrogen-bond donors (Lipinski definition) is 2. The molecule has 9 heteroatoms. The minimum Gasteiger partial charge on any atom is -0.424 e. The number of aromatic nitrogens is 5. The van der Waals surface area contributed by atoms with Gasteiger partial charge in [-0.15, -0.1) is 0 Å². The van der Waals surface area contributed by atoms with Crippen LogP contribution in [0.3, 0.4) is 0 Å². The van der Waals surface area contributed by atoms with Crippen molar-refractivity contribution in [2.75, 3.05) is 4.90 Å². The van der Waals surface area contributed by atoms with Gasteiger partial charge >= 0.3 is 6.01 Å². The van der Waals surface area contributed by atoms with Gasteiger partial charge in [-0.3, -0.25) is 4.79 Å². The summed E-state index contributed by atoms with van der Waals surface area (Å²) in [5.41, 5.74) is 3.39. The molecule has 0 radical (unpaired) electrons. The first kappa shape index (κ1) is 19.3. The molecule has 0 fully saturated rings. The van der Waals surface area contributed by atoms with Crippen LogP contribution in [-0.2, 0) is 0 Å². The average Bonchev–Trinajstić information content (AvgIpc) is 3.43. The molecular weight excluding hydrogens is 440 g/mol. The van der Waals surface area contributed by atoms with Crippen molar-refractivity contribution < 1.29 is 4.42 Å². The summed E-state index contributed by atoms with van der Waals surface area (Å²) in [5.74, 6) is 1.15. The number of benzene rings is 3. The summed E-state index contributed by atoms with van der Waals surface area (Å²) in [6, 6.07) is 23.6. The third-order valence-corrected chi connectivity index (χ3v) is 5.41. The smallest absolute Gasteiger partial charge is 0.315 e. The van der Waals surface area contributed by atoms with Crippen molar-refractivity contribution >= 4 is 51.6 Å². The van der Waals surface area contributed by atoms with E-state index in [1.807, 2.05) is 48.5 Å². The molecule has 0 spiro atoms. The predicted octanol–water partition coefficient (Wildman–Crippen LogP) is 5.58. The van der Waals surface area contributed by atoms with Crippen molar-refractivity contribution in [3.05, 3.63) is 94.2 Å². The molecule has 3 heterocycles. The number of anilines is 3. The molecule has 2 N–H and O–H groups in total. The molecule has 0 aliphatic carbocycles. The van der Waals surface area contributed by atoms with Crippen molar-refractivity contribution in [3.63, 3.8) is 0 Å². The Bertz CT molecular complexity index is 1530. The van der Waals surface area contributed by atoms with Crippen LogP contribution in [0.1, 0.15) is 0 Å². The van der Waals surface area contributed by atoms with Gasteiger partial charge in [0.2, 0.25) is 11.9 Å². The van der Waals surface area contributed by atoms with Crippen molar-refractivity contribution in [1.82, 2.24) is 24.9 Å². The van der Waals surface area contributed by atoms with E-state index < -0.39 is 5.56 Å². The van der Waals surface area contributed by atoms with Gasteiger partial charge in [0.25, 0.3) is 5.56 Å². The van der Waals surface area contributed by atoms with Crippen molar-refractivity contribution in [2.45, 2.75) is 0 Å². The van der Waals surface area contributed by atoms with Gasteiger partial charge in [-0.05, 0) is 48.5 Å². The van der Waals surface area contributed by atoms with Crippen LogP contribution in [0.25, 0.3) is 33.4 Å². The van der Waals surface area contributed by atoms with Crippen LogP contribution in [0.2, 0.25) is 5.02 Å². The molecular formula is C24H15ClN6O2. The van der Waals surface area contributed by atoms with Gasteiger partial charge in [0.1, 0.15) is 5.76 Å². The van der Waals surface area contributed by atoms with Gasteiger partial charge in [0.15, 0.2) is 0 Å². The maximum Gasteiger partial charge on any atom is 0.315 e. The van der Waals surface area contributed by atoms with E-state index in [9.17, 15) is 4.79 Å². The van der Waals surface area contributed by atoms with Crippen LogP contribution in [-0.4, -0.2) is 24.9 Å². The van der Waals surface area contributed by atoms with E-state index in [4.69, 9.17) is 16.0 Å². The number of rotatable bonds is 4. The van der Waals surface area contributed by atoms with E-state index in [1.165, 1.54) is 6.07 Å². The summed E-state index contributed by atoms with van der Waals surface area (Å²) in [6.07, 6.45) is 0. The topological polar surface area (TPSA) is 104 Å². The third kappa shape index (κ3) is 3.52. The molecule has 6 rings (SSSR count). The maximum atomic E-state index is 12.6. The average molecular weight is 455 g/mol. The number of H-pyrrole nitrogens is 2. The molecule has 0 saturated carbocycles. The van der Waals surface area contributed by atoms with Crippen LogP contribution < -0.4 is 10.5 Å². The summed E-state index contributed by atoms with van der Waals surface area (Å²) >= 11 is 6.01. The first-order valence-electron chi connectivity index (χ1n) is 10.1. The molecule has 160 valence electrons. The highest BCUT2D eigenvalue weighted by Crippen LogP contribution is 2.33. The first-order chi connectivity index (χ1) is 16.1. The van der Waals surface area contributed by atoms with Crippen LogP contribution in [0.5, 0.6) is 0 Å². The minimum atomic E-state index is -0.460. The highest BCUT2D eigenvalue weighted by Gasteiger charge is 2.24. The number of nitrogens with one attached hydrogen (secondary N) is 2. The molecule has 0 bridgehead atoms. The summed E-state index contributed by atoms with van der Waals surface area (Å²) < 4.78 is 6.10. The van der Waals surface area contributed by atoms with Gasteiger partial charge in [-0.25, -0.2) is 14.9 Å². The van der Waals surface area contributed by atoms with E-state index in [1.54, 1.807) is 29.2 Å². The van der Waals surface area contributed by atoms with Gasteiger partial charge < -0.3 is 14.4 Å². The molecule has 8 nitrogen and oxygen atoms in total. The Morgan fingerprint density at radius 2 is 1.33 bits per heavy atom. The van der Waals surface area contributed by atoms with Crippen LogP contribution in [0, 0.1) is 0 Å². The molecule has 0 saturated heterocycles. The quantitative estimate of drug-likeness (QED) is 0.360. The zero-order chi connectivity index (χ0) is 22.4. The third-order valence-electron chi connectivity index (χ3n) is 5.16. The molecule has 3 aromatic carbocycles. The fraction of sp³-hybridized carbons (Fsp3) is 0. The van der Waals surface area contributed by atoms with E-state index in [-0.39, 0.29) is 6.01 Å². The predicted molar refractivity (Wildman–Crippen MR) is 127 cm³/mol. The first-order valence-corrected chi connectivity index (χ1v) is 10.5. The van der Waals surface area contributed by atoms with E-state index >= 15 is 0 Å². The second-order valence-corrected chi connectivity index (χ2v) is 7.78. The van der Waals surface area contributed by atoms with E-state index in [0.29, 0.717) is 28.2 Å². The maximum absolute atomic E-state index is 12.6. The fourth-order valence-electron chi connectivity index (χ4n) is 3.61. The molecule has 6 aromatic rings. The standard InChI is InChI=1S/C24H15ClN6O2/c25-15-11-9-14(10-12-15)20-13-21(32)30-24(33-20)31(22-26-16-5-1-2-6-17(16)27-22)23-28-18-7-3-4-8-19(18)29-23/h1-13H,(H,26,27)(H,28,29). The second-order valence-electron chi connectivity index (χ2n) is 7.34. The monoisotopic (exact) mass is 454 g/mol. The Kier molecular flexibility index (Phi) is 4.44. The zero-order valence-corrected chi connectivity index (χ0v) is 17.7. The minimum absolute atomic E-state index is 0.0190. The summed E-state index contributed by atoms with van der Waals surface area (Å²) in [6.45, 7) is 0. The zero-order valence-electron chi connectivity index (χ0n) is 17.0. The van der Waals surface area contributed by atoms with Gasteiger partial charge in [-0.1, -0.05) is 35.9 Å². The normalized spacial score (nSPS) is 11.3. The summed E-state index contributed by atoms with van der Waals surface area (Å²) in [7, 11) is 0. The lowest BCUT2D eigenvalue weighted by atomic mass is 10.2. The number of hydrogen-bond acceptors (Lipinski definition) is 6. The lowest BCUT2D eigenvalue weighted by molar-refractivity contribution is 0.545. The Morgan fingerprint density at radius 1 is 0.758 bits per heavy atom. The van der Waals surface area contributed by atoms with E-state index in [2.05, 4.69) is 24.9 Å². The Balaban J connectivity index is 1.57. The van der Waals surface area contributed by atoms with Crippen LogP contribution >= 0.6 is 11.6 Å². The molecule has 3 aromatic heterocycles. The lowest BCUT2D eigenvalue weighted by Gasteiger charge is -2.16. The molecule has 0 amide bonds. The number of nitrogens with zero attached hydrogens (tertiary/aromatic N) is 4. The van der Waals surface area contributed by atoms with Crippen LogP contribution in [0.15, 0.2) is 88.1 Å². The molecule has 0 unspecified atom stereocenters. The van der Waals surface area contributed by atoms with Crippen molar-refractivity contribution in [1.29, 1.82) is 0 Å². The fourth-order valence-corrected chi connectivity index (χ4v) is 3.74. The number of fused-ring (bicyclic) bond motifs is 2. The van der Waals surface area contributed by atoms with E-state index in [0.717, 1.165) is 22.1 Å². The molecule has 0 atom stereocenters. The van der Waals surface area contributed by atoms with Gasteiger partial charge in [-0.2, -0.15) is 4.98 Å². The molecule has 0 aliphatic rings. The van der Waals surface area contributed by atoms with Crippen molar-refractivity contribution in [2.24, 2.45) is 0 Å². The van der Waals surface area contributed by atoms with Crippen LogP contribution in [0.4, 0.5) is 17.9 Å². The van der Waals surface area contributed by atoms with Gasteiger partial charge in [0, 0.05) is 16.7 Å². The SMILES string of the molecule is O=c1cc(-c2ccc(Cl)cc2)oc(N(c2nc3ccccc3[nH]2)c2nc3ccccc3[nH]2)n1. The van der Waals surface area contributed by atoms with Gasteiger partial charge in [0.05, 0.1) is 22.1 Å². The highest BCUT2D eigenvalue weighted by atomic mass is 35.5. The molecule has 33 heavy (non-hydrogen) atoms. The number of aromatic amines is 2. The number of imidazole rings is 2. The summed E-state index contributed by atoms with van der Waals surface area (Å²) in [4.78, 5) is 34.1. The number of para-hydroxylation sites is 4. The Morgan fingerprint density at radius 3 is 1.91 bits per heavy atom. The lowest BCUT2D eigenvalue weighted by Crippen LogP contribution is -2.18. The summed E-state index contributed by atoms with van der Waals surface area (Å²) in [5, 5.41) is 0.585.